The number of hydrogen-bond acceptors (Lipinski definition) is 3. The van der Waals surface area contributed by atoms with Crippen molar-refractivity contribution in [2.45, 2.75) is 26.4 Å². The molecule has 0 radical (unpaired) electrons. The van der Waals surface area contributed by atoms with Gasteiger partial charge >= 0.3 is 0 Å². The second kappa shape index (κ2) is 5.97. The molecule has 0 aliphatic rings. The summed E-state index contributed by atoms with van der Waals surface area (Å²) in [5.41, 5.74) is 2.93. The normalized spacial score (nSPS) is 12.3. The largest absolute Gasteiger partial charge is 0.348 e. The first kappa shape index (κ1) is 14.3. The number of nitrogens with one attached hydrogen (secondary N) is 1. The van der Waals surface area contributed by atoms with E-state index in [1.165, 1.54) is 0 Å². The van der Waals surface area contributed by atoms with Gasteiger partial charge in [-0.05, 0) is 43.7 Å². The van der Waals surface area contributed by atoms with E-state index in [1.807, 2.05) is 54.8 Å². The van der Waals surface area contributed by atoms with E-state index in [-0.39, 0.29) is 18.5 Å². The quantitative estimate of drug-likeness (QED) is 0.804. The van der Waals surface area contributed by atoms with Crippen LogP contribution in [-0.4, -0.2) is 20.4 Å². The van der Waals surface area contributed by atoms with Gasteiger partial charge in [-0.3, -0.25) is 9.78 Å². The molecule has 1 aromatic carbocycles. The van der Waals surface area contributed by atoms with Crippen LogP contribution in [0.1, 0.15) is 24.4 Å². The summed E-state index contributed by atoms with van der Waals surface area (Å²) < 4.78 is 1.93. The zero-order valence-corrected chi connectivity index (χ0v) is 12.7. The lowest BCUT2D eigenvalue weighted by Gasteiger charge is -2.15. The van der Waals surface area contributed by atoms with Crippen LogP contribution < -0.4 is 5.32 Å². The Labute approximate surface area is 129 Å². The third-order valence-corrected chi connectivity index (χ3v) is 3.73. The van der Waals surface area contributed by atoms with E-state index < -0.39 is 0 Å². The minimum absolute atomic E-state index is 0.0319. The van der Waals surface area contributed by atoms with Gasteiger partial charge in [-0.25, -0.2) is 4.98 Å². The van der Waals surface area contributed by atoms with Crippen molar-refractivity contribution in [3.8, 4) is 0 Å². The van der Waals surface area contributed by atoms with Crippen molar-refractivity contribution in [3.63, 3.8) is 0 Å². The predicted octanol–water partition coefficient (Wildman–Crippen LogP) is 2.62. The highest BCUT2D eigenvalue weighted by Crippen LogP contribution is 2.16. The molecule has 22 heavy (non-hydrogen) atoms. The highest BCUT2D eigenvalue weighted by molar-refractivity contribution is 5.81. The summed E-state index contributed by atoms with van der Waals surface area (Å²) in [4.78, 5) is 20.8. The predicted molar refractivity (Wildman–Crippen MR) is 85.3 cm³/mol. The second-order valence-electron chi connectivity index (χ2n) is 5.30. The molecule has 1 N–H and O–H groups in total. The van der Waals surface area contributed by atoms with Gasteiger partial charge < -0.3 is 9.88 Å². The summed E-state index contributed by atoms with van der Waals surface area (Å²) in [5, 5.41) is 3.01. The van der Waals surface area contributed by atoms with Crippen LogP contribution in [0.25, 0.3) is 11.0 Å². The molecule has 3 rings (SSSR count). The molecule has 0 bridgehead atoms. The Balaban J connectivity index is 1.75. The van der Waals surface area contributed by atoms with E-state index in [9.17, 15) is 4.79 Å². The van der Waals surface area contributed by atoms with Gasteiger partial charge in [0.1, 0.15) is 12.4 Å². The van der Waals surface area contributed by atoms with Crippen molar-refractivity contribution >= 4 is 16.9 Å². The van der Waals surface area contributed by atoms with Crippen LogP contribution in [0.4, 0.5) is 0 Å². The topological polar surface area (TPSA) is 59.8 Å². The zero-order chi connectivity index (χ0) is 15.5. The first-order valence-electron chi connectivity index (χ1n) is 7.26. The molecule has 5 heteroatoms. The molecule has 0 spiro atoms. The summed E-state index contributed by atoms with van der Waals surface area (Å²) >= 11 is 0. The number of fused-ring (bicyclic) bond motifs is 1. The Morgan fingerprint density at radius 1 is 1.23 bits per heavy atom. The molecule has 1 unspecified atom stereocenters. The van der Waals surface area contributed by atoms with E-state index in [2.05, 4.69) is 15.3 Å². The Hall–Kier alpha value is -2.69. The third-order valence-electron chi connectivity index (χ3n) is 3.73. The Morgan fingerprint density at radius 3 is 2.73 bits per heavy atom. The monoisotopic (exact) mass is 294 g/mol. The number of carbonyl (C=O) groups is 1. The van der Waals surface area contributed by atoms with Crippen molar-refractivity contribution < 1.29 is 4.79 Å². The van der Waals surface area contributed by atoms with E-state index >= 15 is 0 Å². The van der Waals surface area contributed by atoms with Gasteiger partial charge in [-0.2, -0.15) is 0 Å². The van der Waals surface area contributed by atoms with Crippen LogP contribution in [-0.2, 0) is 11.3 Å². The van der Waals surface area contributed by atoms with Crippen molar-refractivity contribution in [1.29, 1.82) is 0 Å². The van der Waals surface area contributed by atoms with Crippen LogP contribution >= 0.6 is 0 Å². The average Bonchev–Trinajstić information content (AvgIpc) is 2.84. The summed E-state index contributed by atoms with van der Waals surface area (Å²) in [5.74, 6) is 0.809. The van der Waals surface area contributed by atoms with Crippen molar-refractivity contribution in [3.05, 3.63) is 60.2 Å². The van der Waals surface area contributed by atoms with Gasteiger partial charge in [-0.15, -0.1) is 0 Å². The molecule has 0 saturated carbocycles. The van der Waals surface area contributed by atoms with Crippen molar-refractivity contribution in [2.24, 2.45) is 0 Å². The molecular weight excluding hydrogens is 276 g/mol. The lowest BCUT2D eigenvalue weighted by molar-refractivity contribution is -0.122. The lowest BCUT2D eigenvalue weighted by Crippen LogP contribution is -2.30. The molecule has 1 amide bonds. The van der Waals surface area contributed by atoms with Crippen molar-refractivity contribution in [1.82, 2.24) is 19.9 Å². The summed E-state index contributed by atoms with van der Waals surface area (Å²) in [6, 6.07) is 11.6. The molecule has 1 atom stereocenters. The van der Waals surface area contributed by atoms with Crippen molar-refractivity contribution in [2.75, 3.05) is 0 Å². The fraction of sp³-hybridized carbons (Fsp3) is 0.235. The van der Waals surface area contributed by atoms with Crippen LogP contribution in [0, 0.1) is 6.92 Å². The van der Waals surface area contributed by atoms with Gasteiger partial charge in [0.05, 0.1) is 17.1 Å². The minimum Gasteiger partial charge on any atom is -0.348 e. The van der Waals surface area contributed by atoms with Crippen LogP contribution in [0.3, 0.4) is 0 Å². The van der Waals surface area contributed by atoms with E-state index in [1.54, 1.807) is 12.4 Å². The molecule has 2 aromatic heterocycles. The van der Waals surface area contributed by atoms with Gasteiger partial charge in [0.15, 0.2) is 0 Å². The lowest BCUT2D eigenvalue weighted by atomic mass is 10.1. The maximum Gasteiger partial charge on any atom is 0.240 e. The van der Waals surface area contributed by atoms with Crippen LogP contribution in [0.2, 0.25) is 0 Å². The molecule has 0 fully saturated rings. The molecule has 112 valence electrons. The van der Waals surface area contributed by atoms with Gasteiger partial charge in [0.25, 0.3) is 0 Å². The number of benzene rings is 1. The average molecular weight is 294 g/mol. The smallest absolute Gasteiger partial charge is 0.240 e. The molecular formula is C17H18N4O. The first-order chi connectivity index (χ1) is 10.6. The highest BCUT2D eigenvalue weighted by Gasteiger charge is 2.13. The maximum absolute atomic E-state index is 12.3. The molecule has 0 aliphatic carbocycles. The fourth-order valence-corrected chi connectivity index (χ4v) is 2.56. The zero-order valence-electron chi connectivity index (χ0n) is 12.7. The number of hydrogen-bond donors (Lipinski definition) is 1. The van der Waals surface area contributed by atoms with Gasteiger partial charge in [0, 0.05) is 12.4 Å². The van der Waals surface area contributed by atoms with Crippen LogP contribution in [0.15, 0.2) is 48.8 Å². The van der Waals surface area contributed by atoms with E-state index in [0.717, 1.165) is 22.4 Å². The standard InChI is InChI=1S/C17H18N4O/c1-12(14-7-9-18-10-8-14)19-17(22)11-21-13(2)20-15-5-3-4-6-16(15)21/h3-10,12H,11H2,1-2H3,(H,19,22). The van der Waals surface area contributed by atoms with Gasteiger partial charge in [-0.1, -0.05) is 12.1 Å². The number of pyridine rings is 1. The number of carbonyl (C=O) groups excluding carboxylic acids is 1. The molecule has 5 nitrogen and oxygen atoms in total. The number of imidazole rings is 1. The number of para-hydroxylation sites is 2. The van der Waals surface area contributed by atoms with Crippen LogP contribution in [0.5, 0.6) is 0 Å². The Bertz CT molecular complexity index is 795. The van der Waals surface area contributed by atoms with E-state index in [0.29, 0.717) is 0 Å². The maximum atomic E-state index is 12.3. The molecule has 0 aliphatic heterocycles. The number of aryl methyl sites for hydroxylation is 1. The summed E-state index contributed by atoms with van der Waals surface area (Å²) in [6.07, 6.45) is 3.46. The number of aromatic nitrogens is 3. The summed E-state index contributed by atoms with van der Waals surface area (Å²) in [6.45, 7) is 4.15. The Kier molecular flexibility index (Phi) is 3.87. The SMILES string of the molecule is Cc1nc2ccccc2n1CC(=O)NC(C)c1ccncc1. The number of rotatable bonds is 4. The Morgan fingerprint density at radius 2 is 1.95 bits per heavy atom. The van der Waals surface area contributed by atoms with Gasteiger partial charge in [0.2, 0.25) is 5.91 Å². The highest BCUT2D eigenvalue weighted by atomic mass is 16.2. The second-order valence-corrected chi connectivity index (χ2v) is 5.30. The molecule has 2 heterocycles. The summed E-state index contributed by atoms with van der Waals surface area (Å²) in [7, 11) is 0. The fourth-order valence-electron chi connectivity index (χ4n) is 2.56. The third kappa shape index (κ3) is 2.83. The number of amides is 1. The first-order valence-corrected chi connectivity index (χ1v) is 7.26. The minimum atomic E-state index is -0.0504. The molecule has 0 saturated heterocycles. The number of nitrogens with zero attached hydrogens (tertiary/aromatic N) is 3. The van der Waals surface area contributed by atoms with E-state index in [4.69, 9.17) is 0 Å². The molecule has 3 aromatic rings.